The van der Waals surface area contributed by atoms with Crippen LogP contribution in [-0.2, 0) is 19.1 Å². The molecule has 1 saturated carbocycles. The summed E-state index contributed by atoms with van der Waals surface area (Å²) in [6, 6.07) is 7.38. The topological polar surface area (TPSA) is 96.8 Å². The minimum Gasteiger partial charge on any atom is -0.361 e. The highest BCUT2D eigenvalue weighted by Gasteiger charge is 2.36. The number of carbonyl (C=O) groups is 1. The van der Waals surface area contributed by atoms with Gasteiger partial charge in [-0.2, -0.15) is 13.2 Å². The summed E-state index contributed by atoms with van der Waals surface area (Å²) < 4.78 is 28.5. The number of hydrogen-bond acceptors (Lipinski definition) is 4. The smallest absolute Gasteiger partial charge is 0.361 e. The summed E-state index contributed by atoms with van der Waals surface area (Å²) in [5.74, 6) is -1.35. The molecule has 0 aromatic heterocycles. The number of carbonyl (C=O) groups excluding carboxylic acids is 1. The van der Waals surface area contributed by atoms with Gasteiger partial charge < -0.3 is 9.71 Å². The highest BCUT2D eigenvalue weighted by Crippen LogP contribution is 2.25. The Kier molecular flexibility index (Phi) is 4.88. The fourth-order valence-electron chi connectivity index (χ4n) is 2.44. The molecule has 0 atom stereocenters. The summed E-state index contributed by atoms with van der Waals surface area (Å²) >= 11 is 0. The minimum atomic E-state index is -4.19. The van der Waals surface area contributed by atoms with Crippen LogP contribution in [0.15, 0.2) is 35.2 Å². The molecule has 0 aliphatic heterocycles. The molecule has 112 valence electrons. The molecule has 1 aromatic rings. The summed E-state index contributed by atoms with van der Waals surface area (Å²) in [4.78, 5) is 14.8. The average molecular weight is 308 g/mol. The third kappa shape index (κ3) is 3.77. The van der Waals surface area contributed by atoms with Crippen LogP contribution in [-0.4, -0.2) is 24.9 Å². The van der Waals surface area contributed by atoms with Crippen LogP contribution >= 0.6 is 0 Å². The molecule has 1 fully saturated rings. The van der Waals surface area contributed by atoms with Crippen molar-refractivity contribution in [2.24, 2.45) is 5.92 Å². The molecule has 0 bridgehead atoms. The molecule has 0 heterocycles. The summed E-state index contributed by atoms with van der Waals surface area (Å²) in [5, 5.41) is 0. The molecular weight excluding hydrogens is 292 g/mol. The standard InChI is InChI=1S/C14H16N2O4S/c15-16-13(11-7-3-1-4-8-11)14(17)20-21(18,19)12-9-5-2-6-10-12/h2,5-6,9-11H,1,3-4,7-8H2. The first kappa shape index (κ1) is 15.4. The van der Waals surface area contributed by atoms with Crippen LogP contribution in [0.25, 0.3) is 5.53 Å². The van der Waals surface area contributed by atoms with Gasteiger partial charge >= 0.3 is 21.8 Å². The molecule has 0 saturated heterocycles. The molecule has 1 aromatic carbocycles. The lowest BCUT2D eigenvalue weighted by Gasteiger charge is -2.16. The van der Waals surface area contributed by atoms with Crippen LogP contribution in [0.2, 0.25) is 0 Å². The maximum absolute atomic E-state index is 12.0. The van der Waals surface area contributed by atoms with Gasteiger partial charge in [0.2, 0.25) is 0 Å². The molecule has 0 spiro atoms. The summed E-state index contributed by atoms with van der Waals surface area (Å²) in [5.41, 5.74) is 8.79. The van der Waals surface area contributed by atoms with Crippen LogP contribution in [0.5, 0.6) is 0 Å². The first-order chi connectivity index (χ1) is 10.0. The van der Waals surface area contributed by atoms with E-state index in [1.165, 1.54) is 24.3 Å². The Morgan fingerprint density at radius 3 is 2.33 bits per heavy atom. The Labute approximate surface area is 123 Å². The van der Waals surface area contributed by atoms with E-state index >= 15 is 0 Å². The van der Waals surface area contributed by atoms with Crippen molar-refractivity contribution in [3.05, 3.63) is 35.9 Å². The third-order valence-corrected chi connectivity index (χ3v) is 4.75. The number of benzene rings is 1. The molecule has 1 aliphatic carbocycles. The lowest BCUT2D eigenvalue weighted by molar-refractivity contribution is -0.132. The monoisotopic (exact) mass is 308 g/mol. The van der Waals surface area contributed by atoms with E-state index in [1.807, 2.05) is 0 Å². The van der Waals surface area contributed by atoms with Crippen molar-refractivity contribution in [1.29, 1.82) is 0 Å². The van der Waals surface area contributed by atoms with E-state index in [2.05, 4.69) is 8.97 Å². The molecule has 7 heteroatoms. The Morgan fingerprint density at radius 1 is 1.14 bits per heavy atom. The zero-order valence-electron chi connectivity index (χ0n) is 11.4. The normalized spacial score (nSPS) is 16.0. The lowest BCUT2D eigenvalue weighted by atomic mass is 9.86. The molecule has 0 unspecified atom stereocenters. The van der Waals surface area contributed by atoms with Gasteiger partial charge in [0.25, 0.3) is 0 Å². The van der Waals surface area contributed by atoms with Gasteiger partial charge in [-0.15, -0.1) is 0 Å². The van der Waals surface area contributed by atoms with Gasteiger partial charge in [0.05, 0.1) is 5.92 Å². The number of hydrogen-bond donors (Lipinski definition) is 0. The highest BCUT2D eigenvalue weighted by molar-refractivity contribution is 7.87. The Bertz CT molecular complexity index is 657. The van der Waals surface area contributed by atoms with Crippen molar-refractivity contribution < 1.29 is 22.2 Å². The van der Waals surface area contributed by atoms with Crippen molar-refractivity contribution in [3.63, 3.8) is 0 Å². The van der Waals surface area contributed by atoms with Crippen molar-refractivity contribution in [2.75, 3.05) is 0 Å². The predicted molar refractivity (Wildman–Crippen MR) is 74.9 cm³/mol. The van der Waals surface area contributed by atoms with Crippen molar-refractivity contribution in [1.82, 2.24) is 0 Å². The zero-order chi connectivity index (χ0) is 15.3. The fraction of sp³-hybridized carbons (Fsp3) is 0.429. The van der Waals surface area contributed by atoms with Crippen LogP contribution < -0.4 is 0 Å². The van der Waals surface area contributed by atoms with E-state index in [1.54, 1.807) is 6.07 Å². The van der Waals surface area contributed by atoms with E-state index < -0.39 is 16.1 Å². The number of nitrogens with zero attached hydrogens (tertiary/aromatic N) is 2. The summed E-state index contributed by atoms with van der Waals surface area (Å²) in [7, 11) is -4.19. The van der Waals surface area contributed by atoms with Gasteiger partial charge in [0, 0.05) is 0 Å². The molecule has 0 radical (unpaired) electrons. The molecule has 2 rings (SSSR count). The van der Waals surface area contributed by atoms with E-state index in [4.69, 9.17) is 5.53 Å². The Morgan fingerprint density at radius 2 is 1.76 bits per heavy atom. The average Bonchev–Trinajstić information content (AvgIpc) is 2.49. The third-order valence-electron chi connectivity index (χ3n) is 3.53. The van der Waals surface area contributed by atoms with Gasteiger partial charge in [-0.3, -0.25) is 0 Å². The second-order valence-corrected chi connectivity index (χ2v) is 6.50. The van der Waals surface area contributed by atoms with E-state index in [0.717, 1.165) is 19.3 Å². The van der Waals surface area contributed by atoms with Crippen LogP contribution in [0.1, 0.15) is 32.1 Å². The highest BCUT2D eigenvalue weighted by atomic mass is 32.2. The SMILES string of the molecule is [N-]=[N+]=C(C(=O)OS(=O)(=O)c1ccccc1)C1CCCCC1. The van der Waals surface area contributed by atoms with E-state index in [0.29, 0.717) is 12.8 Å². The molecule has 1 aliphatic rings. The molecular formula is C14H16N2O4S. The van der Waals surface area contributed by atoms with Crippen molar-refractivity contribution in [3.8, 4) is 0 Å². The van der Waals surface area contributed by atoms with Gasteiger partial charge in [-0.1, -0.05) is 37.5 Å². The molecule has 0 N–H and O–H groups in total. The quantitative estimate of drug-likeness (QED) is 0.368. The fourth-order valence-corrected chi connectivity index (χ4v) is 3.31. The summed E-state index contributed by atoms with van der Waals surface area (Å²) in [6.07, 6.45) is 4.29. The van der Waals surface area contributed by atoms with Crippen LogP contribution in [0.4, 0.5) is 0 Å². The maximum atomic E-state index is 12.0. The van der Waals surface area contributed by atoms with Crippen molar-refractivity contribution >= 4 is 21.8 Å². The van der Waals surface area contributed by atoms with E-state index in [9.17, 15) is 13.2 Å². The summed E-state index contributed by atoms with van der Waals surface area (Å²) in [6.45, 7) is 0. The van der Waals surface area contributed by atoms with E-state index in [-0.39, 0.29) is 16.5 Å². The molecule has 21 heavy (non-hydrogen) atoms. The largest absolute Gasteiger partial charge is 0.432 e. The Hall–Kier alpha value is -1.98. The molecule has 0 amide bonds. The first-order valence-electron chi connectivity index (χ1n) is 6.80. The lowest BCUT2D eigenvalue weighted by Crippen LogP contribution is -2.30. The van der Waals surface area contributed by atoms with Gasteiger partial charge in [-0.05, 0) is 25.0 Å². The molecule has 6 nitrogen and oxygen atoms in total. The minimum absolute atomic E-state index is 0.112. The second-order valence-electron chi connectivity index (χ2n) is 4.96. The second kappa shape index (κ2) is 6.65. The van der Waals surface area contributed by atoms with Crippen molar-refractivity contribution in [2.45, 2.75) is 37.0 Å². The van der Waals surface area contributed by atoms with Gasteiger partial charge in [0.1, 0.15) is 4.90 Å². The maximum Gasteiger partial charge on any atom is 0.432 e. The van der Waals surface area contributed by atoms with Crippen LogP contribution in [0.3, 0.4) is 0 Å². The van der Waals surface area contributed by atoms with Crippen LogP contribution in [0, 0.1) is 5.92 Å². The first-order valence-corrected chi connectivity index (χ1v) is 8.21. The van der Waals surface area contributed by atoms with Gasteiger partial charge in [-0.25, -0.2) is 4.79 Å². The predicted octanol–water partition coefficient (Wildman–Crippen LogP) is 2.17. The Balaban J connectivity index is 2.14. The zero-order valence-corrected chi connectivity index (χ0v) is 12.3. The number of rotatable bonds is 4. The van der Waals surface area contributed by atoms with Gasteiger partial charge in [0.15, 0.2) is 0 Å².